The van der Waals surface area contributed by atoms with Crippen LogP contribution in [0.5, 0.6) is 5.75 Å². The van der Waals surface area contributed by atoms with Crippen molar-refractivity contribution in [3.05, 3.63) is 66.2 Å². The summed E-state index contributed by atoms with van der Waals surface area (Å²) in [7, 11) is 1.74. The molecule has 0 aliphatic carbocycles. The van der Waals surface area contributed by atoms with Crippen LogP contribution in [0.1, 0.15) is 95.5 Å². The summed E-state index contributed by atoms with van der Waals surface area (Å²) in [5, 5.41) is 8.62. The summed E-state index contributed by atoms with van der Waals surface area (Å²) < 4.78 is 5.58. The van der Waals surface area contributed by atoms with Crippen LogP contribution in [-0.4, -0.2) is 18.2 Å². The second kappa shape index (κ2) is 17.9. The van der Waals surface area contributed by atoms with Crippen molar-refractivity contribution in [3.63, 3.8) is 0 Å². The molecule has 0 heterocycles. The number of carbonyl (C=O) groups is 1. The molecule has 0 aromatic heterocycles. The molecule has 2 rings (SSSR count). The molecule has 2 aromatic rings. The van der Waals surface area contributed by atoms with Crippen LogP contribution in [0.4, 0.5) is 0 Å². The maximum Gasteiger partial charge on any atom is 0.303 e. The lowest BCUT2D eigenvalue weighted by Gasteiger charge is -2.13. The van der Waals surface area contributed by atoms with Gasteiger partial charge in [0.05, 0.1) is 7.11 Å². The maximum absolute atomic E-state index is 10.5. The first-order valence-corrected chi connectivity index (χ1v) is 13.3. The third-order valence-corrected chi connectivity index (χ3v) is 6.41. The van der Waals surface area contributed by atoms with Gasteiger partial charge in [-0.25, -0.2) is 0 Å². The fourth-order valence-corrected chi connectivity index (χ4v) is 4.46. The Kier molecular flexibility index (Phi) is 14.5. The SMILES string of the molecule is COc1ccccc1-c1ccccc1CCCCCCCC/C=C\CCCCCCCC(=O)O. The normalized spacial score (nSPS) is 11.2. The van der Waals surface area contributed by atoms with E-state index in [1.165, 1.54) is 74.5 Å². The molecular formula is C31H44O3. The summed E-state index contributed by atoms with van der Waals surface area (Å²) >= 11 is 0. The van der Waals surface area contributed by atoms with Gasteiger partial charge in [0, 0.05) is 12.0 Å². The van der Waals surface area contributed by atoms with Crippen molar-refractivity contribution in [1.29, 1.82) is 0 Å². The molecule has 0 saturated heterocycles. The van der Waals surface area contributed by atoms with E-state index < -0.39 is 5.97 Å². The zero-order chi connectivity index (χ0) is 24.3. The third kappa shape index (κ3) is 11.5. The minimum atomic E-state index is -0.672. The van der Waals surface area contributed by atoms with Crippen LogP contribution < -0.4 is 4.74 Å². The summed E-state index contributed by atoms with van der Waals surface area (Å²) in [6, 6.07) is 17.0. The number of para-hydroxylation sites is 1. The number of carboxylic acid groups (broad SMARTS) is 1. The minimum Gasteiger partial charge on any atom is -0.496 e. The Bertz CT molecular complexity index is 840. The van der Waals surface area contributed by atoms with Gasteiger partial charge in [0.1, 0.15) is 5.75 Å². The number of aryl methyl sites for hydroxylation is 1. The van der Waals surface area contributed by atoms with Gasteiger partial charge in [-0.15, -0.1) is 0 Å². The largest absolute Gasteiger partial charge is 0.496 e. The Morgan fingerprint density at radius 1 is 0.706 bits per heavy atom. The third-order valence-electron chi connectivity index (χ3n) is 6.41. The van der Waals surface area contributed by atoms with Crippen molar-refractivity contribution in [2.75, 3.05) is 7.11 Å². The van der Waals surface area contributed by atoms with Gasteiger partial charge in [-0.1, -0.05) is 99.6 Å². The number of hydrogen-bond acceptors (Lipinski definition) is 2. The molecule has 0 unspecified atom stereocenters. The van der Waals surface area contributed by atoms with Crippen LogP contribution in [0.15, 0.2) is 60.7 Å². The average molecular weight is 465 g/mol. The molecule has 0 amide bonds. The lowest BCUT2D eigenvalue weighted by atomic mass is 9.95. The number of benzene rings is 2. The number of carboxylic acids is 1. The summed E-state index contributed by atoms with van der Waals surface area (Å²) in [5.41, 5.74) is 3.90. The number of allylic oxidation sites excluding steroid dienone is 2. The highest BCUT2D eigenvalue weighted by Gasteiger charge is 2.09. The van der Waals surface area contributed by atoms with E-state index in [0.29, 0.717) is 6.42 Å². The predicted octanol–water partition coefficient (Wildman–Crippen LogP) is 9.01. The van der Waals surface area contributed by atoms with Crippen LogP contribution in [0.25, 0.3) is 11.1 Å². The predicted molar refractivity (Wildman–Crippen MR) is 144 cm³/mol. The Balaban J connectivity index is 1.49. The van der Waals surface area contributed by atoms with Gasteiger partial charge in [-0.05, 0) is 62.1 Å². The fourth-order valence-electron chi connectivity index (χ4n) is 4.46. The molecule has 0 saturated carbocycles. The molecule has 0 fully saturated rings. The molecule has 2 aromatic carbocycles. The Hall–Kier alpha value is -2.55. The summed E-state index contributed by atoms with van der Waals surface area (Å²) in [5.74, 6) is 0.269. The average Bonchev–Trinajstić information content (AvgIpc) is 2.86. The minimum absolute atomic E-state index is 0.317. The summed E-state index contributed by atoms with van der Waals surface area (Å²) in [6.45, 7) is 0. The topological polar surface area (TPSA) is 46.5 Å². The van der Waals surface area contributed by atoms with Crippen molar-refractivity contribution < 1.29 is 14.6 Å². The molecule has 3 nitrogen and oxygen atoms in total. The van der Waals surface area contributed by atoms with Gasteiger partial charge >= 0.3 is 5.97 Å². The van der Waals surface area contributed by atoms with Gasteiger partial charge in [-0.2, -0.15) is 0 Å². The zero-order valence-electron chi connectivity index (χ0n) is 21.1. The van der Waals surface area contributed by atoms with Gasteiger partial charge < -0.3 is 9.84 Å². The van der Waals surface area contributed by atoms with Gasteiger partial charge in [0.2, 0.25) is 0 Å². The Morgan fingerprint density at radius 3 is 1.88 bits per heavy atom. The Morgan fingerprint density at radius 2 is 1.24 bits per heavy atom. The molecule has 0 aliphatic rings. The second-order valence-corrected chi connectivity index (χ2v) is 9.19. The van der Waals surface area contributed by atoms with Crippen LogP contribution >= 0.6 is 0 Å². The van der Waals surface area contributed by atoms with E-state index in [9.17, 15) is 4.79 Å². The van der Waals surface area contributed by atoms with Crippen LogP contribution in [0.3, 0.4) is 0 Å². The van der Waals surface area contributed by atoms with Crippen molar-refractivity contribution in [2.45, 2.75) is 96.3 Å². The lowest BCUT2D eigenvalue weighted by Crippen LogP contribution is -1.93. The first-order valence-electron chi connectivity index (χ1n) is 13.3. The van der Waals surface area contributed by atoms with Gasteiger partial charge in [0.25, 0.3) is 0 Å². The summed E-state index contributed by atoms with van der Waals surface area (Å²) in [4.78, 5) is 10.5. The van der Waals surface area contributed by atoms with Crippen LogP contribution in [-0.2, 0) is 11.2 Å². The highest BCUT2D eigenvalue weighted by molar-refractivity contribution is 5.73. The van der Waals surface area contributed by atoms with Crippen molar-refractivity contribution >= 4 is 5.97 Å². The van der Waals surface area contributed by atoms with E-state index in [1.807, 2.05) is 12.1 Å². The molecule has 0 aliphatic heterocycles. The van der Waals surface area contributed by atoms with Crippen LogP contribution in [0.2, 0.25) is 0 Å². The molecule has 1 N–H and O–H groups in total. The highest BCUT2D eigenvalue weighted by atomic mass is 16.5. The zero-order valence-corrected chi connectivity index (χ0v) is 21.1. The first kappa shape index (κ1) is 27.7. The molecule has 3 heteroatoms. The smallest absolute Gasteiger partial charge is 0.303 e. The van der Waals surface area contributed by atoms with Gasteiger partial charge in [0.15, 0.2) is 0 Å². The van der Waals surface area contributed by atoms with E-state index in [4.69, 9.17) is 9.84 Å². The molecule has 0 bridgehead atoms. The molecule has 186 valence electrons. The van der Waals surface area contributed by atoms with E-state index >= 15 is 0 Å². The Labute approximate surface area is 207 Å². The maximum atomic E-state index is 10.5. The summed E-state index contributed by atoms with van der Waals surface area (Å²) in [6.07, 6.45) is 21.7. The van der Waals surface area contributed by atoms with E-state index in [-0.39, 0.29) is 0 Å². The number of unbranched alkanes of at least 4 members (excludes halogenated alkanes) is 11. The molecular weight excluding hydrogens is 420 g/mol. The number of ether oxygens (including phenoxy) is 1. The highest BCUT2D eigenvalue weighted by Crippen LogP contribution is 2.32. The number of methoxy groups -OCH3 is 1. The molecule has 34 heavy (non-hydrogen) atoms. The van der Waals surface area contributed by atoms with Crippen molar-refractivity contribution in [2.24, 2.45) is 0 Å². The van der Waals surface area contributed by atoms with Gasteiger partial charge in [-0.3, -0.25) is 4.79 Å². The van der Waals surface area contributed by atoms with Crippen LogP contribution in [0, 0.1) is 0 Å². The molecule has 0 radical (unpaired) electrons. The van der Waals surface area contributed by atoms with Crippen molar-refractivity contribution in [3.8, 4) is 16.9 Å². The second-order valence-electron chi connectivity index (χ2n) is 9.19. The van der Waals surface area contributed by atoms with E-state index in [2.05, 4.69) is 48.6 Å². The van der Waals surface area contributed by atoms with E-state index in [0.717, 1.165) is 37.9 Å². The molecule has 0 atom stereocenters. The molecule has 0 spiro atoms. The number of aliphatic carboxylic acids is 1. The fraction of sp³-hybridized carbons (Fsp3) is 0.516. The standard InChI is InChI=1S/C31H44O3/c1-34-30-25-20-19-24-29(30)28-23-18-17-22-27(28)21-15-13-11-9-7-5-3-2-4-6-8-10-12-14-16-26-31(32)33/h2,4,17-20,22-25H,3,5-16,21,26H2,1H3,(H,32,33)/b4-2-. The quantitative estimate of drug-likeness (QED) is 0.167. The van der Waals surface area contributed by atoms with E-state index in [1.54, 1.807) is 7.11 Å². The lowest BCUT2D eigenvalue weighted by molar-refractivity contribution is -0.137. The monoisotopic (exact) mass is 464 g/mol. The number of rotatable bonds is 19. The number of hydrogen-bond donors (Lipinski definition) is 1. The first-order chi connectivity index (χ1) is 16.7. The van der Waals surface area contributed by atoms with Crippen molar-refractivity contribution in [1.82, 2.24) is 0 Å².